The number of benzene rings is 2. The molecule has 1 aliphatic rings. The molecule has 9 nitrogen and oxygen atoms in total. The normalized spacial score (nSPS) is 15.7. The molecule has 1 fully saturated rings. The maximum Gasteiger partial charge on any atom is 0.229 e. The first-order valence-corrected chi connectivity index (χ1v) is 12.8. The van der Waals surface area contributed by atoms with Crippen molar-refractivity contribution >= 4 is 57.7 Å². The van der Waals surface area contributed by atoms with E-state index in [0.29, 0.717) is 28.9 Å². The summed E-state index contributed by atoms with van der Waals surface area (Å²) in [6, 6.07) is 6.70. The molecule has 0 radical (unpaired) electrons. The molecule has 12 heteroatoms. The van der Waals surface area contributed by atoms with Crippen molar-refractivity contribution in [1.29, 1.82) is 0 Å². The molecule has 0 saturated carbocycles. The highest BCUT2D eigenvalue weighted by Crippen LogP contribution is 2.39. The van der Waals surface area contributed by atoms with Crippen LogP contribution in [0.2, 0.25) is 10.0 Å². The van der Waals surface area contributed by atoms with Gasteiger partial charge in [0.1, 0.15) is 16.6 Å². The van der Waals surface area contributed by atoms with Gasteiger partial charge in [-0.25, -0.2) is 9.37 Å². The van der Waals surface area contributed by atoms with E-state index in [2.05, 4.69) is 44.5 Å². The second kappa shape index (κ2) is 11.0. The van der Waals surface area contributed by atoms with Gasteiger partial charge in [0.15, 0.2) is 5.82 Å². The van der Waals surface area contributed by atoms with Crippen molar-refractivity contribution in [2.24, 2.45) is 0 Å². The van der Waals surface area contributed by atoms with Crippen molar-refractivity contribution in [1.82, 2.24) is 14.9 Å². The van der Waals surface area contributed by atoms with Gasteiger partial charge in [-0.2, -0.15) is 4.98 Å². The van der Waals surface area contributed by atoms with Gasteiger partial charge in [0.2, 0.25) is 5.95 Å². The minimum atomic E-state index is -1.36. The lowest BCUT2D eigenvalue weighted by Crippen LogP contribution is -2.31. The Kier molecular flexibility index (Phi) is 8.08. The van der Waals surface area contributed by atoms with E-state index < -0.39 is 11.4 Å². The summed E-state index contributed by atoms with van der Waals surface area (Å²) >= 11 is 12.4. The number of aliphatic hydroxyl groups is 1. The molecule has 2 aromatic carbocycles. The first kappa shape index (κ1) is 28.0. The molecular formula is C26H32Cl2FN7O2. The van der Waals surface area contributed by atoms with Crippen LogP contribution < -0.4 is 26.0 Å². The second-order valence-corrected chi connectivity index (χ2v) is 10.8. The van der Waals surface area contributed by atoms with Gasteiger partial charge in [0.05, 0.1) is 41.0 Å². The summed E-state index contributed by atoms with van der Waals surface area (Å²) < 4.78 is 19.8. The number of methoxy groups -OCH3 is 1. The number of ether oxygens (including phenoxy) is 1. The minimum Gasteiger partial charge on any atom is -0.494 e. The monoisotopic (exact) mass is 563 g/mol. The van der Waals surface area contributed by atoms with Crippen molar-refractivity contribution in [3.63, 3.8) is 0 Å². The van der Waals surface area contributed by atoms with Crippen molar-refractivity contribution in [2.45, 2.75) is 31.9 Å². The van der Waals surface area contributed by atoms with Gasteiger partial charge in [0, 0.05) is 36.4 Å². The number of nitrogen functional groups attached to an aromatic ring is 1. The molecule has 1 aromatic heterocycles. The predicted octanol–water partition coefficient (Wildman–Crippen LogP) is 5.37. The lowest BCUT2D eigenvalue weighted by atomic mass is 9.96. The summed E-state index contributed by atoms with van der Waals surface area (Å²) in [5.74, 6) is 0.372. The number of halogens is 3. The largest absolute Gasteiger partial charge is 0.494 e. The van der Waals surface area contributed by atoms with Crippen molar-refractivity contribution < 1.29 is 14.2 Å². The van der Waals surface area contributed by atoms with Crippen LogP contribution in [0.4, 0.5) is 38.9 Å². The summed E-state index contributed by atoms with van der Waals surface area (Å²) in [7, 11) is 5.74. The highest BCUT2D eigenvalue weighted by Gasteiger charge is 2.27. The fourth-order valence-corrected chi connectivity index (χ4v) is 4.73. The van der Waals surface area contributed by atoms with Gasteiger partial charge in [-0.1, -0.05) is 23.2 Å². The number of rotatable bonds is 8. The van der Waals surface area contributed by atoms with Gasteiger partial charge in [-0.3, -0.25) is 0 Å². The highest BCUT2D eigenvalue weighted by atomic mass is 35.5. The van der Waals surface area contributed by atoms with Gasteiger partial charge in [-0.05, 0) is 52.6 Å². The Morgan fingerprint density at radius 1 is 1.16 bits per heavy atom. The molecule has 3 aromatic rings. The summed E-state index contributed by atoms with van der Waals surface area (Å²) in [6.07, 6.45) is 2.47. The standard InChI is InChI=1S/C26H32Cl2FN7O2/c1-26(2,37)15-8-18(29)16(27)9-20(15)32-24-17(28)12-31-25(34-24)33-21-10-19(30)22(11-23(21)38-5)36-7-6-14(13-36)35(3)4/h8-12,14,37H,6-7,13,30H2,1-5H3,(H2,31,32,33,34)/t14-/m1/s1. The van der Waals surface area contributed by atoms with Crippen LogP contribution in [-0.2, 0) is 5.60 Å². The number of nitrogens with one attached hydrogen (secondary N) is 2. The summed E-state index contributed by atoms with van der Waals surface area (Å²) in [5, 5.41) is 16.8. The highest BCUT2D eigenvalue weighted by molar-refractivity contribution is 6.33. The molecule has 2 heterocycles. The quantitative estimate of drug-likeness (QED) is 0.269. The third kappa shape index (κ3) is 5.99. The third-order valence-electron chi connectivity index (χ3n) is 6.55. The molecule has 0 amide bonds. The number of hydrogen-bond donors (Lipinski definition) is 4. The van der Waals surface area contributed by atoms with Crippen LogP contribution in [0, 0.1) is 5.82 Å². The Hall–Kier alpha value is -3.05. The van der Waals surface area contributed by atoms with Gasteiger partial charge in [0.25, 0.3) is 0 Å². The molecular weight excluding hydrogens is 532 g/mol. The van der Waals surface area contributed by atoms with E-state index in [1.165, 1.54) is 18.3 Å². The van der Waals surface area contributed by atoms with Crippen LogP contribution in [0.5, 0.6) is 5.75 Å². The van der Waals surface area contributed by atoms with E-state index in [4.69, 9.17) is 33.7 Å². The first-order chi connectivity index (χ1) is 17.9. The van der Waals surface area contributed by atoms with E-state index in [1.807, 2.05) is 6.07 Å². The van der Waals surface area contributed by atoms with Crippen LogP contribution in [0.1, 0.15) is 25.8 Å². The fourth-order valence-electron chi connectivity index (χ4n) is 4.43. The summed E-state index contributed by atoms with van der Waals surface area (Å²) in [6.45, 7) is 4.86. The molecule has 38 heavy (non-hydrogen) atoms. The fraction of sp³-hybridized carbons (Fsp3) is 0.385. The van der Waals surface area contributed by atoms with Crippen LogP contribution in [0.15, 0.2) is 30.5 Å². The summed E-state index contributed by atoms with van der Waals surface area (Å²) in [4.78, 5) is 13.2. The van der Waals surface area contributed by atoms with E-state index in [1.54, 1.807) is 27.0 Å². The molecule has 0 bridgehead atoms. The van der Waals surface area contributed by atoms with E-state index in [-0.39, 0.29) is 27.4 Å². The number of hydrogen-bond acceptors (Lipinski definition) is 9. The van der Waals surface area contributed by atoms with Gasteiger partial charge in [-0.15, -0.1) is 0 Å². The molecule has 4 rings (SSSR count). The number of anilines is 6. The van der Waals surface area contributed by atoms with Crippen LogP contribution >= 0.6 is 23.2 Å². The minimum absolute atomic E-state index is 0.112. The van der Waals surface area contributed by atoms with Crippen molar-refractivity contribution in [3.05, 3.63) is 51.9 Å². The lowest BCUT2D eigenvalue weighted by molar-refractivity contribution is 0.0790. The van der Waals surface area contributed by atoms with Gasteiger partial charge >= 0.3 is 0 Å². The predicted molar refractivity (Wildman–Crippen MR) is 152 cm³/mol. The maximum atomic E-state index is 14.1. The Labute approximate surface area is 231 Å². The Morgan fingerprint density at radius 2 is 1.89 bits per heavy atom. The van der Waals surface area contributed by atoms with E-state index in [0.717, 1.165) is 25.2 Å². The first-order valence-electron chi connectivity index (χ1n) is 12.0. The third-order valence-corrected chi connectivity index (χ3v) is 7.11. The number of aromatic nitrogens is 2. The molecule has 1 saturated heterocycles. The number of nitrogens with two attached hydrogens (primary N) is 1. The number of nitrogens with zero attached hydrogens (tertiary/aromatic N) is 4. The van der Waals surface area contributed by atoms with Crippen LogP contribution in [0.3, 0.4) is 0 Å². The van der Waals surface area contributed by atoms with Gasteiger partial charge < -0.3 is 36.0 Å². The second-order valence-electron chi connectivity index (χ2n) is 9.97. The zero-order valence-electron chi connectivity index (χ0n) is 21.9. The molecule has 1 aliphatic heterocycles. The molecule has 0 aliphatic carbocycles. The Bertz CT molecular complexity index is 1330. The van der Waals surface area contributed by atoms with E-state index in [9.17, 15) is 9.50 Å². The number of likely N-dealkylation sites (N-methyl/N-ethyl adjacent to an activating group) is 1. The van der Waals surface area contributed by atoms with Crippen LogP contribution in [0.25, 0.3) is 0 Å². The molecule has 1 atom stereocenters. The average Bonchev–Trinajstić information content (AvgIpc) is 3.33. The SMILES string of the molecule is COc1cc(N2CC[C@@H](N(C)C)C2)c(N)cc1Nc1ncc(Cl)c(Nc2cc(Cl)c(F)cc2C(C)(C)O)n1. The lowest BCUT2D eigenvalue weighted by Gasteiger charge is -2.24. The molecule has 0 spiro atoms. The molecule has 0 unspecified atom stereocenters. The summed E-state index contributed by atoms with van der Waals surface area (Å²) in [5.41, 5.74) is 7.80. The average molecular weight is 564 g/mol. The van der Waals surface area contributed by atoms with Crippen LogP contribution in [-0.4, -0.2) is 60.3 Å². The van der Waals surface area contributed by atoms with E-state index >= 15 is 0 Å². The smallest absolute Gasteiger partial charge is 0.229 e. The zero-order valence-corrected chi connectivity index (χ0v) is 23.5. The molecule has 204 valence electrons. The maximum absolute atomic E-state index is 14.1. The Morgan fingerprint density at radius 3 is 2.53 bits per heavy atom. The topological polar surface area (TPSA) is 112 Å². The Balaban J connectivity index is 1.62. The molecule has 5 N–H and O–H groups in total. The zero-order chi connectivity index (χ0) is 27.8. The van der Waals surface area contributed by atoms with Crippen molar-refractivity contribution in [3.8, 4) is 5.75 Å². The van der Waals surface area contributed by atoms with Crippen molar-refractivity contribution in [2.75, 3.05) is 55.6 Å².